The molecule has 3 nitrogen and oxygen atoms in total. The van der Waals surface area contributed by atoms with Crippen molar-refractivity contribution in [3.63, 3.8) is 0 Å². The van der Waals surface area contributed by atoms with E-state index in [9.17, 15) is 4.39 Å². The molecular weight excluding hydrogens is 241 g/mol. The van der Waals surface area contributed by atoms with Crippen LogP contribution in [0, 0.1) is 5.82 Å². The highest BCUT2D eigenvalue weighted by Crippen LogP contribution is 2.24. The Bertz CT molecular complexity index is 729. The summed E-state index contributed by atoms with van der Waals surface area (Å²) in [4.78, 5) is 4.54. The van der Waals surface area contributed by atoms with E-state index < -0.39 is 0 Å². The lowest BCUT2D eigenvalue weighted by Crippen LogP contribution is -1.96. The lowest BCUT2D eigenvalue weighted by atomic mass is 10.1. The predicted molar refractivity (Wildman–Crippen MR) is 74.0 cm³/mol. The van der Waals surface area contributed by atoms with E-state index in [1.54, 1.807) is 6.07 Å². The Morgan fingerprint density at radius 1 is 1.16 bits per heavy atom. The van der Waals surface area contributed by atoms with Gasteiger partial charge >= 0.3 is 0 Å². The molecule has 1 aromatic heterocycles. The normalized spacial score (nSPS) is 11.1. The van der Waals surface area contributed by atoms with Crippen LogP contribution >= 0.6 is 0 Å². The van der Waals surface area contributed by atoms with E-state index in [1.807, 2.05) is 35.9 Å². The largest absolute Gasteiger partial charge is 0.327 e. The molecule has 0 aliphatic rings. The van der Waals surface area contributed by atoms with Crippen molar-refractivity contribution in [2.24, 2.45) is 12.8 Å². The summed E-state index contributed by atoms with van der Waals surface area (Å²) in [5, 5.41) is 0. The van der Waals surface area contributed by atoms with Crippen molar-refractivity contribution in [1.29, 1.82) is 0 Å². The number of imidazole rings is 1. The maximum absolute atomic E-state index is 13.3. The fourth-order valence-corrected chi connectivity index (χ4v) is 2.21. The van der Waals surface area contributed by atoms with Crippen molar-refractivity contribution >= 4 is 11.0 Å². The second kappa shape index (κ2) is 4.48. The molecule has 0 radical (unpaired) electrons. The Kier molecular flexibility index (Phi) is 2.80. The molecule has 0 bridgehead atoms. The third-order valence-corrected chi connectivity index (χ3v) is 3.29. The maximum atomic E-state index is 13.3. The van der Waals surface area contributed by atoms with Crippen molar-refractivity contribution in [2.75, 3.05) is 0 Å². The van der Waals surface area contributed by atoms with Crippen LogP contribution in [0.15, 0.2) is 42.5 Å². The van der Waals surface area contributed by atoms with Gasteiger partial charge < -0.3 is 10.3 Å². The fourth-order valence-electron chi connectivity index (χ4n) is 2.21. The molecule has 2 N–H and O–H groups in total. The standard InChI is InChI=1S/C15H14FN3/c1-19-14-8-12(16)6-7-13(14)18-15(19)11-4-2-10(9-17)3-5-11/h2-8H,9,17H2,1H3. The Morgan fingerprint density at radius 3 is 2.58 bits per heavy atom. The van der Waals surface area contributed by atoms with Crippen LogP contribution in [-0.4, -0.2) is 9.55 Å². The van der Waals surface area contributed by atoms with E-state index in [1.165, 1.54) is 12.1 Å². The van der Waals surface area contributed by atoms with Gasteiger partial charge in [-0.2, -0.15) is 0 Å². The molecule has 0 aliphatic heterocycles. The summed E-state index contributed by atoms with van der Waals surface area (Å²) in [7, 11) is 1.89. The Labute approximate surface area is 110 Å². The summed E-state index contributed by atoms with van der Waals surface area (Å²) in [6.07, 6.45) is 0. The van der Waals surface area contributed by atoms with Crippen LogP contribution in [0.2, 0.25) is 0 Å². The predicted octanol–water partition coefficient (Wildman–Crippen LogP) is 2.84. The van der Waals surface area contributed by atoms with E-state index in [0.717, 1.165) is 28.0 Å². The summed E-state index contributed by atoms with van der Waals surface area (Å²) in [6.45, 7) is 0.522. The lowest BCUT2D eigenvalue weighted by molar-refractivity contribution is 0.629. The molecule has 0 saturated heterocycles. The van der Waals surface area contributed by atoms with Crippen LogP contribution in [0.1, 0.15) is 5.56 Å². The molecule has 0 spiro atoms. The molecule has 0 saturated carbocycles. The number of hydrogen-bond acceptors (Lipinski definition) is 2. The quantitative estimate of drug-likeness (QED) is 0.765. The van der Waals surface area contributed by atoms with Crippen molar-refractivity contribution < 1.29 is 4.39 Å². The second-order valence-corrected chi connectivity index (χ2v) is 4.53. The van der Waals surface area contributed by atoms with Crippen molar-refractivity contribution in [3.05, 3.63) is 53.8 Å². The van der Waals surface area contributed by atoms with Gasteiger partial charge in [-0.25, -0.2) is 9.37 Å². The first-order valence-electron chi connectivity index (χ1n) is 6.10. The van der Waals surface area contributed by atoms with Crippen molar-refractivity contribution in [2.45, 2.75) is 6.54 Å². The van der Waals surface area contributed by atoms with Gasteiger partial charge in [0.2, 0.25) is 0 Å². The number of aromatic nitrogens is 2. The fraction of sp³-hybridized carbons (Fsp3) is 0.133. The van der Waals surface area contributed by atoms with Crippen molar-refractivity contribution in [3.8, 4) is 11.4 Å². The first-order valence-corrected chi connectivity index (χ1v) is 6.10. The molecule has 0 aliphatic carbocycles. The smallest absolute Gasteiger partial charge is 0.140 e. The van der Waals surface area contributed by atoms with E-state index in [4.69, 9.17) is 5.73 Å². The van der Waals surface area contributed by atoms with Crippen LogP contribution in [0.4, 0.5) is 4.39 Å². The number of nitrogens with zero attached hydrogens (tertiary/aromatic N) is 2. The second-order valence-electron chi connectivity index (χ2n) is 4.53. The number of hydrogen-bond donors (Lipinski definition) is 1. The molecular formula is C15H14FN3. The molecule has 19 heavy (non-hydrogen) atoms. The summed E-state index contributed by atoms with van der Waals surface area (Å²) in [6, 6.07) is 12.6. The maximum Gasteiger partial charge on any atom is 0.140 e. The van der Waals surface area contributed by atoms with Gasteiger partial charge in [-0.1, -0.05) is 24.3 Å². The SMILES string of the molecule is Cn1c(-c2ccc(CN)cc2)nc2ccc(F)cc21. The molecule has 96 valence electrons. The first-order chi connectivity index (χ1) is 9.19. The molecule has 0 fully saturated rings. The highest BCUT2D eigenvalue weighted by atomic mass is 19.1. The number of nitrogens with two attached hydrogens (primary N) is 1. The van der Waals surface area contributed by atoms with Gasteiger partial charge in [0.05, 0.1) is 11.0 Å². The van der Waals surface area contributed by atoms with Gasteiger partial charge in [0.1, 0.15) is 11.6 Å². The van der Waals surface area contributed by atoms with Gasteiger partial charge in [-0.3, -0.25) is 0 Å². The summed E-state index contributed by atoms with van der Waals surface area (Å²) in [5.74, 6) is 0.574. The average Bonchev–Trinajstić information content (AvgIpc) is 2.76. The molecule has 3 rings (SSSR count). The monoisotopic (exact) mass is 255 g/mol. The minimum atomic E-state index is -0.250. The zero-order valence-electron chi connectivity index (χ0n) is 10.6. The van der Waals surface area contributed by atoms with Gasteiger partial charge in [-0.05, 0) is 23.8 Å². The van der Waals surface area contributed by atoms with Crippen LogP contribution in [0.3, 0.4) is 0 Å². The number of halogens is 1. The number of benzene rings is 2. The van der Waals surface area contributed by atoms with Crippen LogP contribution in [0.25, 0.3) is 22.4 Å². The minimum Gasteiger partial charge on any atom is -0.327 e. The number of aryl methyl sites for hydroxylation is 1. The third kappa shape index (κ3) is 2.00. The van der Waals surface area contributed by atoms with Crippen LogP contribution in [0.5, 0.6) is 0 Å². The van der Waals surface area contributed by atoms with E-state index in [0.29, 0.717) is 6.54 Å². The average molecular weight is 255 g/mol. The molecule has 0 atom stereocenters. The Hall–Kier alpha value is -2.20. The van der Waals surface area contributed by atoms with Gasteiger partial charge in [0, 0.05) is 19.2 Å². The van der Waals surface area contributed by atoms with Crippen LogP contribution < -0.4 is 5.73 Å². The molecule has 0 unspecified atom stereocenters. The van der Waals surface area contributed by atoms with Crippen LogP contribution in [-0.2, 0) is 13.6 Å². The zero-order valence-corrected chi connectivity index (χ0v) is 10.6. The first kappa shape index (κ1) is 11.9. The topological polar surface area (TPSA) is 43.8 Å². The van der Waals surface area contributed by atoms with E-state index >= 15 is 0 Å². The highest BCUT2D eigenvalue weighted by molar-refractivity contribution is 5.80. The van der Waals surface area contributed by atoms with E-state index in [-0.39, 0.29) is 5.82 Å². The Morgan fingerprint density at radius 2 is 1.89 bits per heavy atom. The van der Waals surface area contributed by atoms with Crippen molar-refractivity contribution in [1.82, 2.24) is 9.55 Å². The molecule has 4 heteroatoms. The summed E-state index contributed by atoms with van der Waals surface area (Å²) < 4.78 is 15.2. The molecule has 2 aromatic carbocycles. The van der Waals surface area contributed by atoms with Gasteiger partial charge in [0.15, 0.2) is 0 Å². The van der Waals surface area contributed by atoms with E-state index in [2.05, 4.69) is 4.98 Å². The van der Waals surface area contributed by atoms with Gasteiger partial charge in [0.25, 0.3) is 0 Å². The zero-order chi connectivity index (χ0) is 13.4. The molecule has 3 aromatic rings. The molecule has 0 amide bonds. The molecule has 1 heterocycles. The number of rotatable bonds is 2. The van der Waals surface area contributed by atoms with Gasteiger partial charge in [-0.15, -0.1) is 0 Å². The summed E-state index contributed by atoms with van der Waals surface area (Å²) in [5.41, 5.74) is 9.24. The highest BCUT2D eigenvalue weighted by Gasteiger charge is 2.10. The number of fused-ring (bicyclic) bond motifs is 1. The lowest BCUT2D eigenvalue weighted by Gasteiger charge is -2.03. The summed E-state index contributed by atoms with van der Waals surface area (Å²) >= 11 is 0. The Balaban J connectivity index is 2.16. The third-order valence-electron chi connectivity index (χ3n) is 3.29. The minimum absolute atomic E-state index is 0.250.